The zero-order valence-corrected chi connectivity index (χ0v) is 11.5. The van der Waals surface area contributed by atoms with E-state index in [1.54, 1.807) is 12.3 Å². The van der Waals surface area contributed by atoms with E-state index < -0.39 is 0 Å². The van der Waals surface area contributed by atoms with Crippen molar-refractivity contribution in [1.82, 2.24) is 20.3 Å². The first kappa shape index (κ1) is 13.1. The minimum atomic E-state index is 0.361. The lowest BCUT2D eigenvalue weighted by Crippen LogP contribution is -2.26. The van der Waals surface area contributed by atoms with E-state index >= 15 is 0 Å². The van der Waals surface area contributed by atoms with Crippen molar-refractivity contribution in [3.63, 3.8) is 0 Å². The SMILES string of the molecule is Oc1ccc2c(c1)C(NCCCn1ccnn1)CCC2. The molecule has 0 saturated carbocycles. The standard InChI is InChI=1S/C15H20N4O/c20-13-6-5-12-3-1-4-15(14(12)11-13)16-7-2-9-19-10-8-17-18-19/h5-6,8,10-11,15-16,20H,1-4,7,9H2. The molecule has 5 heteroatoms. The average Bonchev–Trinajstić information content (AvgIpc) is 2.97. The number of nitrogens with one attached hydrogen (secondary N) is 1. The Kier molecular flexibility index (Phi) is 3.97. The van der Waals surface area contributed by atoms with Gasteiger partial charge in [-0.25, -0.2) is 0 Å². The average molecular weight is 272 g/mol. The van der Waals surface area contributed by atoms with E-state index in [0.29, 0.717) is 11.8 Å². The normalized spacial score (nSPS) is 17.9. The molecule has 1 unspecified atom stereocenters. The molecule has 20 heavy (non-hydrogen) atoms. The van der Waals surface area contributed by atoms with Gasteiger partial charge >= 0.3 is 0 Å². The molecule has 1 atom stereocenters. The number of aromatic nitrogens is 3. The van der Waals surface area contributed by atoms with Gasteiger partial charge in [0.2, 0.25) is 0 Å². The minimum Gasteiger partial charge on any atom is -0.508 e. The van der Waals surface area contributed by atoms with E-state index in [-0.39, 0.29) is 0 Å². The van der Waals surface area contributed by atoms with Crippen molar-refractivity contribution in [3.8, 4) is 5.75 Å². The van der Waals surface area contributed by atoms with Crippen LogP contribution in [0.3, 0.4) is 0 Å². The Morgan fingerprint density at radius 3 is 3.20 bits per heavy atom. The van der Waals surface area contributed by atoms with Crippen molar-refractivity contribution in [2.24, 2.45) is 0 Å². The smallest absolute Gasteiger partial charge is 0.115 e. The Hall–Kier alpha value is -1.88. The highest BCUT2D eigenvalue weighted by molar-refractivity contribution is 5.38. The van der Waals surface area contributed by atoms with Crippen molar-refractivity contribution in [2.45, 2.75) is 38.3 Å². The van der Waals surface area contributed by atoms with E-state index in [9.17, 15) is 5.11 Å². The first-order valence-corrected chi connectivity index (χ1v) is 7.22. The van der Waals surface area contributed by atoms with Crippen molar-refractivity contribution >= 4 is 0 Å². The molecule has 2 aromatic rings. The van der Waals surface area contributed by atoms with Crippen LogP contribution in [0, 0.1) is 0 Å². The summed E-state index contributed by atoms with van der Waals surface area (Å²) in [5.74, 6) is 0.361. The van der Waals surface area contributed by atoms with Crippen LogP contribution in [0.5, 0.6) is 5.75 Å². The number of rotatable bonds is 5. The lowest BCUT2D eigenvalue weighted by molar-refractivity contribution is 0.432. The number of phenols is 1. The van der Waals surface area contributed by atoms with E-state index in [1.807, 2.05) is 23.0 Å². The van der Waals surface area contributed by atoms with Gasteiger partial charge in [-0.05, 0) is 55.5 Å². The first-order valence-electron chi connectivity index (χ1n) is 7.22. The topological polar surface area (TPSA) is 63.0 Å². The van der Waals surface area contributed by atoms with Crippen molar-refractivity contribution in [3.05, 3.63) is 41.7 Å². The fourth-order valence-corrected chi connectivity index (χ4v) is 2.87. The largest absolute Gasteiger partial charge is 0.508 e. The van der Waals surface area contributed by atoms with Gasteiger partial charge in [0.25, 0.3) is 0 Å². The third kappa shape index (κ3) is 2.99. The van der Waals surface area contributed by atoms with E-state index in [0.717, 1.165) is 32.4 Å². The fourth-order valence-electron chi connectivity index (χ4n) is 2.87. The molecule has 0 aliphatic heterocycles. The molecule has 3 rings (SSSR count). The maximum absolute atomic E-state index is 9.66. The van der Waals surface area contributed by atoms with Crippen LogP contribution < -0.4 is 5.32 Å². The van der Waals surface area contributed by atoms with Gasteiger partial charge < -0.3 is 10.4 Å². The molecule has 1 heterocycles. The second-order valence-electron chi connectivity index (χ2n) is 5.30. The highest BCUT2D eigenvalue weighted by atomic mass is 16.3. The molecule has 106 valence electrons. The lowest BCUT2D eigenvalue weighted by atomic mass is 9.87. The molecular weight excluding hydrogens is 252 g/mol. The third-order valence-corrected chi connectivity index (χ3v) is 3.87. The van der Waals surface area contributed by atoms with Gasteiger partial charge in [-0.3, -0.25) is 4.68 Å². The molecule has 0 saturated heterocycles. The zero-order chi connectivity index (χ0) is 13.8. The molecule has 0 spiro atoms. The van der Waals surface area contributed by atoms with E-state index in [2.05, 4.69) is 15.6 Å². The van der Waals surface area contributed by atoms with Gasteiger partial charge in [0, 0.05) is 18.8 Å². The van der Waals surface area contributed by atoms with Crippen molar-refractivity contribution < 1.29 is 5.11 Å². The van der Waals surface area contributed by atoms with Gasteiger partial charge in [-0.15, -0.1) is 5.10 Å². The third-order valence-electron chi connectivity index (χ3n) is 3.87. The van der Waals surface area contributed by atoms with Crippen molar-refractivity contribution in [2.75, 3.05) is 6.54 Å². The van der Waals surface area contributed by atoms with E-state index in [1.165, 1.54) is 17.5 Å². The Labute approximate surface area is 118 Å². The number of fused-ring (bicyclic) bond motifs is 1. The van der Waals surface area contributed by atoms with Crippen LogP contribution in [0.4, 0.5) is 0 Å². The summed E-state index contributed by atoms with van der Waals surface area (Å²) in [6, 6.07) is 6.10. The van der Waals surface area contributed by atoms with Crippen LogP contribution in [-0.2, 0) is 13.0 Å². The molecule has 1 aromatic carbocycles. The van der Waals surface area contributed by atoms with Crippen LogP contribution >= 0.6 is 0 Å². The quantitative estimate of drug-likeness (QED) is 0.818. The summed E-state index contributed by atoms with van der Waals surface area (Å²) < 4.78 is 1.85. The predicted molar refractivity (Wildman–Crippen MR) is 76.4 cm³/mol. The molecule has 1 aliphatic rings. The summed E-state index contributed by atoms with van der Waals surface area (Å²) in [7, 11) is 0. The van der Waals surface area contributed by atoms with Gasteiger partial charge in [-0.2, -0.15) is 0 Å². The first-order chi connectivity index (χ1) is 9.83. The van der Waals surface area contributed by atoms with E-state index in [4.69, 9.17) is 0 Å². The number of nitrogens with zero attached hydrogens (tertiary/aromatic N) is 3. The fraction of sp³-hybridized carbons (Fsp3) is 0.467. The molecule has 1 aromatic heterocycles. The zero-order valence-electron chi connectivity index (χ0n) is 11.5. The van der Waals surface area contributed by atoms with Crippen LogP contribution in [0.25, 0.3) is 0 Å². The second-order valence-corrected chi connectivity index (χ2v) is 5.30. The van der Waals surface area contributed by atoms with Crippen LogP contribution in [0.15, 0.2) is 30.6 Å². The monoisotopic (exact) mass is 272 g/mol. The Balaban J connectivity index is 1.55. The Bertz CT molecular complexity index is 553. The van der Waals surface area contributed by atoms with Gasteiger partial charge in [0.05, 0.1) is 6.20 Å². The maximum atomic E-state index is 9.66. The number of hydrogen-bond acceptors (Lipinski definition) is 4. The minimum absolute atomic E-state index is 0.361. The number of phenolic OH excluding ortho intramolecular Hbond substituents is 1. The molecule has 0 radical (unpaired) electrons. The summed E-state index contributed by atoms with van der Waals surface area (Å²) in [5.41, 5.74) is 2.62. The summed E-state index contributed by atoms with van der Waals surface area (Å²) in [4.78, 5) is 0. The number of hydrogen-bond donors (Lipinski definition) is 2. The molecule has 1 aliphatic carbocycles. The predicted octanol–water partition coefficient (Wildman–Crippen LogP) is 2.04. The maximum Gasteiger partial charge on any atom is 0.115 e. The second kappa shape index (κ2) is 6.05. The summed E-state index contributed by atoms with van der Waals surface area (Å²) >= 11 is 0. The lowest BCUT2D eigenvalue weighted by Gasteiger charge is -2.26. The van der Waals surface area contributed by atoms with Crippen molar-refractivity contribution in [1.29, 1.82) is 0 Å². The highest BCUT2D eigenvalue weighted by Crippen LogP contribution is 2.31. The molecule has 0 amide bonds. The van der Waals surface area contributed by atoms with Gasteiger partial charge in [0.15, 0.2) is 0 Å². The molecule has 2 N–H and O–H groups in total. The molecule has 0 fully saturated rings. The number of aromatic hydroxyl groups is 1. The molecular formula is C15H20N4O. The van der Waals surface area contributed by atoms with Crippen LogP contribution in [0.1, 0.15) is 36.4 Å². The number of benzene rings is 1. The van der Waals surface area contributed by atoms with Crippen LogP contribution in [0.2, 0.25) is 0 Å². The molecule has 5 nitrogen and oxygen atoms in total. The summed E-state index contributed by atoms with van der Waals surface area (Å²) in [5, 5.41) is 21.0. The highest BCUT2D eigenvalue weighted by Gasteiger charge is 2.19. The summed E-state index contributed by atoms with van der Waals surface area (Å²) in [6.07, 6.45) is 8.07. The summed E-state index contributed by atoms with van der Waals surface area (Å²) in [6.45, 7) is 1.83. The Morgan fingerprint density at radius 2 is 2.35 bits per heavy atom. The Morgan fingerprint density at radius 1 is 1.40 bits per heavy atom. The van der Waals surface area contributed by atoms with Gasteiger partial charge in [0.1, 0.15) is 5.75 Å². The van der Waals surface area contributed by atoms with Crippen LogP contribution in [-0.4, -0.2) is 26.6 Å². The number of aryl methyl sites for hydroxylation is 2. The van der Waals surface area contributed by atoms with Gasteiger partial charge in [-0.1, -0.05) is 11.3 Å². The molecule has 0 bridgehead atoms.